The maximum Gasteiger partial charge on any atom is 0.189 e. The van der Waals surface area contributed by atoms with Crippen molar-refractivity contribution < 1.29 is 4.39 Å². The minimum absolute atomic E-state index is 0.348. The molecule has 1 unspecified atom stereocenters. The molecule has 0 aromatic heterocycles. The molecule has 0 fully saturated rings. The molecular weight excluding hydrogens is 217 g/mol. The third kappa shape index (κ3) is 1.77. The average molecular weight is 228 g/mol. The van der Waals surface area contributed by atoms with E-state index in [1.54, 1.807) is 6.07 Å². The number of nitrogens with one attached hydrogen (secondary N) is 1. The molecule has 2 rings (SSSR count). The molecule has 1 heterocycles. The van der Waals surface area contributed by atoms with Crippen LogP contribution < -0.4 is 11.1 Å². The molecule has 3 nitrogen and oxygen atoms in total. The molecule has 1 aromatic rings. The van der Waals surface area contributed by atoms with Crippen LogP contribution in [0.5, 0.6) is 0 Å². The smallest absolute Gasteiger partial charge is 0.189 e. The van der Waals surface area contributed by atoms with E-state index in [0.29, 0.717) is 17.5 Å². The number of rotatable bonds is 1. The van der Waals surface area contributed by atoms with Crippen molar-refractivity contribution in [2.45, 2.75) is 12.5 Å². The third-order valence-corrected chi connectivity index (χ3v) is 2.81. The second-order valence-corrected chi connectivity index (χ2v) is 4.19. The highest BCUT2D eigenvalue weighted by Crippen LogP contribution is 2.30. The zero-order valence-corrected chi connectivity index (χ0v) is 8.98. The van der Waals surface area contributed by atoms with Gasteiger partial charge in [-0.15, -0.1) is 0 Å². The number of aliphatic imine (C=N–C) groups is 1. The number of nitrogens with two attached hydrogens (primary N) is 1. The molecule has 0 bridgehead atoms. The molecule has 3 N–H and O–H groups in total. The van der Waals surface area contributed by atoms with Gasteiger partial charge in [0.05, 0.1) is 12.1 Å². The first kappa shape index (κ1) is 10.2. The van der Waals surface area contributed by atoms with Crippen LogP contribution in [0, 0.1) is 5.82 Å². The fourth-order valence-electron chi connectivity index (χ4n) is 1.69. The monoisotopic (exact) mass is 227 g/mol. The first-order valence-electron chi connectivity index (χ1n) is 4.55. The molecule has 0 aliphatic carbocycles. The fraction of sp³-hybridized carbons (Fsp3) is 0.300. The maximum absolute atomic E-state index is 12.9. The summed E-state index contributed by atoms with van der Waals surface area (Å²) < 4.78 is 12.9. The Kier molecular flexibility index (Phi) is 2.31. The van der Waals surface area contributed by atoms with Gasteiger partial charge < -0.3 is 11.1 Å². The van der Waals surface area contributed by atoms with Gasteiger partial charge in [-0.2, -0.15) is 0 Å². The minimum Gasteiger partial charge on any atom is -0.370 e. The highest BCUT2D eigenvalue weighted by atomic mass is 35.5. The zero-order valence-electron chi connectivity index (χ0n) is 8.22. The largest absolute Gasteiger partial charge is 0.370 e. The van der Waals surface area contributed by atoms with E-state index in [-0.39, 0.29) is 5.82 Å². The highest BCUT2D eigenvalue weighted by molar-refractivity contribution is 6.31. The lowest BCUT2D eigenvalue weighted by atomic mass is 9.93. The predicted molar refractivity (Wildman–Crippen MR) is 58.4 cm³/mol. The van der Waals surface area contributed by atoms with Crippen LogP contribution in [0.1, 0.15) is 12.5 Å². The first-order valence-corrected chi connectivity index (χ1v) is 4.93. The van der Waals surface area contributed by atoms with Gasteiger partial charge in [0, 0.05) is 5.02 Å². The summed E-state index contributed by atoms with van der Waals surface area (Å²) in [4.78, 5) is 4.06. The number of hydrogen-bond acceptors (Lipinski definition) is 3. The molecule has 5 heteroatoms. The van der Waals surface area contributed by atoms with Crippen molar-refractivity contribution in [1.29, 1.82) is 0 Å². The van der Waals surface area contributed by atoms with Gasteiger partial charge in [-0.25, -0.2) is 4.39 Å². The van der Waals surface area contributed by atoms with Crippen LogP contribution in [0.4, 0.5) is 4.39 Å². The van der Waals surface area contributed by atoms with Gasteiger partial charge in [0.25, 0.3) is 0 Å². The topological polar surface area (TPSA) is 50.4 Å². The molecule has 0 spiro atoms. The normalized spacial score (nSPS) is 24.9. The summed E-state index contributed by atoms with van der Waals surface area (Å²) in [6, 6.07) is 4.32. The zero-order chi connectivity index (χ0) is 11.1. The van der Waals surface area contributed by atoms with Gasteiger partial charge in [0.15, 0.2) is 5.96 Å². The van der Waals surface area contributed by atoms with E-state index in [1.807, 2.05) is 6.92 Å². The van der Waals surface area contributed by atoms with Crippen LogP contribution in [0.15, 0.2) is 23.2 Å². The summed E-state index contributed by atoms with van der Waals surface area (Å²) in [7, 11) is 0. The van der Waals surface area contributed by atoms with Crippen molar-refractivity contribution >= 4 is 17.6 Å². The molecule has 1 aliphatic rings. The number of guanidine groups is 1. The third-order valence-electron chi connectivity index (χ3n) is 2.50. The van der Waals surface area contributed by atoms with Crippen LogP contribution in [0.3, 0.4) is 0 Å². The Morgan fingerprint density at radius 2 is 2.33 bits per heavy atom. The summed E-state index contributed by atoms with van der Waals surface area (Å²) in [6.45, 7) is 2.43. The van der Waals surface area contributed by atoms with Gasteiger partial charge in [0.1, 0.15) is 5.82 Å². The van der Waals surface area contributed by atoms with Crippen molar-refractivity contribution in [3.63, 3.8) is 0 Å². The van der Waals surface area contributed by atoms with Gasteiger partial charge in [-0.3, -0.25) is 4.99 Å². The van der Waals surface area contributed by atoms with Crippen LogP contribution in [0.2, 0.25) is 5.02 Å². The maximum atomic E-state index is 12.9. The van der Waals surface area contributed by atoms with Gasteiger partial charge >= 0.3 is 0 Å². The first-order chi connectivity index (χ1) is 7.01. The summed E-state index contributed by atoms with van der Waals surface area (Å²) in [5, 5.41) is 3.41. The fourth-order valence-corrected chi connectivity index (χ4v) is 2.07. The average Bonchev–Trinajstić information content (AvgIpc) is 2.46. The highest BCUT2D eigenvalue weighted by Gasteiger charge is 2.33. The number of halogens is 2. The van der Waals surface area contributed by atoms with Crippen LogP contribution in [0.25, 0.3) is 0 Å². The Bertz CT molecular complexity index is 433. The van der Waals surface area contributed by atoms with Gasteiger partial charge in [0.2, 0.25) is 0 Å². The van der Waals surface area contributed by atoms with E-state index >= 15 is 0 Å². The Morgan fingerprint density at radius 3 is 2.87 bits per heavy atom. The second kappa shape index (κ2) is 3.38. The van der Waals surface area contributed by atoms with E-state index < -0.39 is 5.54 Å². The lowest BCUT2D eigenvalue weighted by Crippen LogP contribution is -2.43. The molecule has 0 radical (unpaired) electrons. The lowest BCUT2D eigenvalue weighted by Gasteiger charge is -2.25. The minimum atomic E-state index is -0.436. The summed E-state index contributed by atoms with van der Waals surface area (Å²) >= 11 is 5.98. The molecule has 1 aromatic carbocycles. The SMILES string of the molecule is CC1(c2ccc(F)cc2Cl)CN=C(N)N1. The summed E-state index contributed by atoms with van der Waals surface area (Å²) in [5.41, 5.74) is 5.91. The molecule has 0 saturated heterocycles. The summed E-state index contributed by atoms with van der Waals surface area (Å²) in [5.74, 6) is 0.0390. The Morgan fingerprint density at radius 1 is 1.60 bits per heavy atom. The molecule has 80 valence electrons. The molecule has 0 saturated carbocycles. The van der Waals surface area contributed by atoms with Crippen molar-refractivity contribution in [2.75, 3.05) is 6.54 Å². The van der Waals surface area contributed by atoms with Crippen molar-refractivity contribution in [3.8, 4) is 0 Å². The van der Waals surface area contributed by atoms with E-state index in [2.05, 4.69) is 10.3 Å². The standard InChI is InChI=1S/C10H11ClFN3/c1-10(5-14-9(13)15-10)7-3-2-6(12)4-8(7)11/h2-4H,5H2,1H3,(H3,13,14,15). The number of benzene rings is 1. The van der Waals surface area contributed by atoms with Crippen LogP contribution >= 0.6 is 11.6 Å². The van der Waals surface area contributed by atoms with Crippen molar-refractivity contribution in [2.24, 2.45) is 10.7 Å². The number of nitrogens with zero attached hydrogens (tertiary/aromatic N) is 1. The van der Waals surface area contributed by atoms with Crippen LogP contribution in [-0.2, 0) is 5.54 Å². The molecule has 1 atom stereocenters. The predicted octanol–water partition coefficient (Wildman–Crippen LogP) is 1.61. The van der Waals surface area contributed by atoms with Crippen molar-refractivity contribution in [3.05, 3.63) is 34.6 Å². The Balaban J connectivity index is 2.38. The Labute approximate surface area is 92.1 Å². The quantitative estimate of drug-likeness (QED) is 0.766. The molecule has 15 heavy (non-hydrogen) atoms. The molecular formula is C10H11ClFN3. The Hall–Kier alpha value is -1.29. The van der Waals surface area contributed by atoms with E-state index in [4.69, 9.17) is 17.3 Å². The van der Waals surface area contributed by atoms with E-state index in [1.165, 1.54) is 12.1 Å². The van der Waals surface area contributed by atoms with E-state index in [0.717, 1.165) is 5.56 Å². The molecule has 0 amide bonds. The summed E-state index contributed by atoms with van der Waals surface area (Å²) in [6.07, 6.45) is 0. The second-order valence-electron chi connectivity index (χ2n) is 3.78. The van der Waals surface area contributed by atoms with Crippen molar-refractivity contribution in [1.82, 2.24) is 5.32 Å². The lowest BCUT2D eigenvalue weighted by molar-refractivity contribution is 0.479. The number of hydrogen-bond donors (Lipinski definition) is 2. The van der Waals surface area contributed by atoms with Gasteiger partial charge in [-0.1, -0.05) is 17.7 Å². The van der Waals surface area contributed by atoms with Crippen LogP contribution in [-0.4, -0.2) is 12.5 Å². The van der Waals surface area contributed by atoms with Gasteiger partial charge in [-0.05, 0) is 24.6 Å². The molecule has 1 aliphatic heterocycles. The van der Waals surface area contributed by atoms with E-state index in [9.17, 15) is 4.39 Å².